The minimum atomic E-state index is -1.61. The lowest BCUT2D eigenvalue weighted by molar-refractivity contribution is -0.121. The van der Waals surface area contributed by atoms with Crippen molar-refractivity contribution in [1.82, 2.24) is 0 Å². The highest BCUT2D eigenvalue weighted by Gasteiger charge is 2.31. The molecule has 0 unspecified atom stereocenters. The number of ketones is 1. The maximum absolute atomic E-state index is 13.6. The second-order valence-electron chi connectivity index (χ2n) is 3.78. The molecule has 2 rings (SSSR count). The number of Topliss-reactive ketones (excluding diaryl/α,β-unsaturated/α-hetero) is 1. The molecule has 0 aliphatic carbocycles. The quantitative estimate of drug-likeness (QED) is 0.799. The number of carboxylic acid groups (broad SMARTS) is 1. The summed E-state index contributed by atoms with van der Waals surface area (Å²) >= 11 is 0. The number of carboxylic acids is 1. The van der Waals surface area contributed by atoms with Gasteiger partial charge in [-0.25, -0.2) is 13.6 Å². The van der Waals surface area contributed by atoms with Crippen LogP contribution in [0.5, 0.6) is 0 Å². The number of hydrogen-bond donors (Lipinski definition) is 1. The van der Waals surface area contributed by atoms with Crippen molar-refractivity contribution < 1.29 is 28.3 Å². The Morgan fingerprint density at radius 1 is 1.22 bits per heavy atom. The van der Waals surface area contributed by atoms with E-state index in [4.69, 9.17) is 5.11 Å². The second-order valence-corrected chi connectivity index (χ2v) is 3.78. The molecule has 5 nitrogen and oxygen atoms in total. The van der Waals surface area contributed by atoms with Gasteiger partial charge in [0.2, 0.25) is 5.91 Å². The lowest BCUT2D eigenvalue weighted by Crippen LogP contribution is -2.26. The Morgan fingerprint density at radius 3 is 2.39 bits per heavy atom. The van der Waals surface area contributed by atoms with Gasteiger partial charge >= 0.3 is 5.97 Å². The van der Waals surface area contributed by atoms with Crippen LogP contribution in [0, 0.1) is 11.6 Å². The summed E-state index contributed by atoms with van der Waals surface area (Å²) in [5.41, 5.74) is -1.25. The molecule has 1 heterocycles. The Balaban J connectivity index is 2.47. The SMILES string of the molecule is O=C1CC(=O)N(c2cc(F)c(C(=O)O)cc2F)C1. The number of carbonyl (C=O) groups is 3. The Kier molecular flexibility index (Phi) is 2.82. The summed E-state index contributed by atoms with van der Waals surface area (Å²) in [7, 11) is 0. The van der Waals surface area contributed by atoms with Gasteiger partial charge < -0.3 is 10.0 Å². The van der Waals surface area contributed by atoms with Crippen molar-refractivity contribution in [2.45, 2.75) is 6.42 Å². The summed E-state index contributed by atoms with van der Waals surface area (Å²) in [6, 6.07) is 1.10. The summed E-state index contributed by atoms with van der Waals surface area (Å²) in [6.45, 7) is -0.332. The molecule has 0 atom stereocenters. The van der Waals surface area contributed by atoms with Gasteiger partial charge in [0.1, 0.15) is 11.6 Å². The Bertz CT molecular complexity index is 570. The first-order valence-corrected chi connectivity index (χ1v) is 4.94. The van der Waals surface area contributed by atoms with Gasteiger partial charge in [-0.05, 0) is 6.07 Å². The molecule has 1 saturated heterocycles. The maximum atomic E-state index is 13.6. The van der Waals surface area contributed by atoms with Gasteiger partial charge in [-0.2, -0.15) is 0 Å². The molecule has 0 aromatic heterocycles. The lowest BCUT2D eigenvalue weighted by Gasteiger charge is -2.16. The smallest absolute Gasteiger partial charge is 0.338 e. The summed E-state index contributed by atoms with van der Waals surface area (Å²) in [4.78, 5) is 33.8. The molecule has 0 spiro atoms. The third-order valence-electron chi connectivity index (χ3n) is 2.54. The van der Waals surface area contributed by atoms with Crippen LogP contribution in [0.2, 0.25) is 0 Å². The van der Waals surface area contributed by atoms with E-state index in [0.29, 0.717) is 12.1 Å². The molecule has 1 fully saturated rings. The van der Waals surface area contributed by atoms with E-state index in [2.05, 4.69) is 0 Å². The summed E-state index contributed by atoms with van der Waals surface area (Å²) in [6.07, 6.45) is -0.359. The third kappa shape index (κ3) is 1.94. The van der Waals surface area contributed by atoms with Crippen molar-refractivity contribution >= 4 is 23.3 Å². The molecule has 7 heteroatoms. The van der Waals surface area contributed by atoms with Gasteiger partial charge in [0.05, 0.1) is 24.2 Å². The van der Waals surface area contributed by atoms with E-state index in [9.17, 15) is 23.2 Å². The Morgan fingerprint density at radius 2 is 1.89 bits per heavy atom. The molecule has 0 radical (unpaired) electrons. The fraction of sp³-hybridized carbons (Fsp3) is 0.182. The van der Waals surface area contributed by atoms with Crippen LogP contribution in [0.4, 0.5) is 14.5 Å². The Hall–Kier alpha value is -2.31. The number of aromatic carboxylic acids is 1. The van der Waals surface area contributed by atoms with Crippen molar-refractivity contribution in [2.75, 3.05) is 11.4 Å². The number of nitrogens with zero attached hydrogens (tertiary/aromatic N) is 1. The number of benzene rings is 1. The molecular weight excluding hydrogens is 248 g/mol. The molecule has 1 aromatic carbocycles. The molecule has 1 N–H and O–H groups in total. The number of amides is 1. The van der Waals surface area contributed by atoms with Crippen LogP contribution in [0.15, 0.2) is 12.1 Å². The van der Waals surface area contributed by atoms with Gasteiger partial charge in [0, 0.05) is 6.07 Å². The van der Waals surface area contributed by atoms with Gasteiger partial charge in [0.25, 0.3) is 0 Å². The largest absolute Gasteiger partial charge is 0.478 e. The van der Waals surface area contributed by atoms with Crippen molar-refractivity contribution in [3.8, 4) is 0 Å². The lowest BCUT2D eigenvalue weighted by atomic mass is 10.1. The van der Waals surface area contributed by atoms with Crippen molar-refractivity contribution in [3.63, 3.8) is 0 Å². The van der Waals surface area contributed by atoms with Gasteiger partial charge in [-0.1, -0.05) is 0 Å². The fourth-order valence-corrected chi connectivity index (χ4v) is 1.71. The first kappa shape index (κ1) is 12.2. The highest BCUT2D eigenvalue weighted by molar-refractivity contribution is 6.15. The van der Waals surface area contributed by atoms with E-state index in [0.717, 1.165) is 4.90 Å². The first-order valence-electron chi connectivity index (χ1n) is 4.94. The van der Waals surface area contributed by atoms with Crippen molar-refractivity contribution in [2.24, 2.45) is 0 Å². The molecule has 1 aliphatic rings. The average molecular weight is 255 g/mol. The van der Waals surface area contributed by atoms with Crippen LogP contribution in [0.25, 0.3) is 0 Å². The normalized spacial score (nSPS) is 15.3. The number of rotatable bonds is 2. The molecule has 1 aromatic rings. The van der Waals surface area contributed by atoms with Crippen LogP contribution >= 0.6 is 0 Å². The molecule has 1 aliphatic heterocycles. The number of anilines is 1. The van der Waals surface area contributed by atoms with Crippen molar-refractivity contribution in [3.05, 3.63) is 29.3 Å². The molecule has 94 valence electrons. The highest BCUT2D eigenvalue weighted by atomic mass is 19.1. The average Bonchev–Trinajstić information content (AvgIpc) is 2.60. The third-order valence-corrected chi connectivity index (χ3v) is 2.54. The zero-order valence-electron chi connectivity index (χ0n) is 8.94. The maximum Gasteiger partial charge on any atom is 0.338 e. The minimum Gasteiger partial charge on any atom is -0.478 e. The summed E-state index contributed by atoms with van der Waals surface area (Å²) in [5.74, 6) is -4.87. The summed E-state index contributed by atoms with van der Waals surface area (Å²) < 4.78 is 27.0. The number of halogens is 2. The first-order chi connectivity index (χ1) is 8.40. The van der Waals surface area contributed by atoms with E-state index < -0.39 is 40.5 Å². The van der Waals surface area contributed by atoms with E-state index in [1.807, 2.05) is 0 Å². The standard InChI is InChI=1S/C11H7F2NO4/c12-7-3-9(8(13)2-6(7)11(17)18)14-4-5(15)1-10(14)16/h2-3H,1,4H2,(H,17,18). The fourth-order valence-electron chi connectivity index (χ4n) is 1.71. The van der Waals surface area contributed by atoms with Crippen LogP contribution < -0.4 is 4.90 Å². The number of hydrogen-bond acceptors (Lipinski definition) is 3. The van der Waals surface area contributed by atoms with E-state index in [1.54, 1.807) is 0 Å². The zero-order chi connectivity index (χ0) is 13.4. The van der Waals surface area contributed by atoms with Gasteiger partial charge in [-0.3, -0.25) is 9.59 Å². The molecule has 1 amide bonds. The van der Waals surface area contributed by atoms with Crippen LogP contribution in [0.1, 0.15) is 16.8 Å². The molecule has 18 heavy (non-hydrogen) atoms. The van der Waals surface area contributed by atoms with E-state index >= 15 is 0 Å². The second kappa shape index (κ2) is 4.17. The predicted octanol–water partition coefficient (Wildman–Crippen LogP) is 0.969. The minimum absolute atomic E-state index is 0.332. The van der Waals surface area contributed by atoms with Crippen LogP contribution in [-0.4, -0.2) is 29.3 Å². The van der Waals surface area contributed by atoms with Gasteiger partial charge in [-0.15, -0.1) is 0 Å². The van der Waals surface area contributed by atoms with E-state index in [-0.39, 0.29) is 13.0 Å². The topological polar surface area (TPSA) is 74.7 Å². The zero-order valence-corrected chi connectivity index (χ0v) is 8.94. The molecule has 0 saturated carbocycles. The molecule has 0 bridgehead atoms. The monoisotopic (exact) mass is 255 g/mol. The predicted molar refractivity (Wildman–Crippen MR) is 55.3 cm³/mol. The van der Waals surface area contributed by atoms with Crippen LogP contribution in [0.3, 0.4) is 0 Å². The highest BCUT2D eigenvalue weighted by Crippen LogP contribution is 2.26. The van der Waals surface area contributed by atoms with Gasteiger partial charge in [0.15, 0.2) is 5.78 Å². The van der Waals surface area contributed by atoms with E-state index in [1.165, 1.54) is 0 Å². The Labute approximate surface area is 99.6 Å². The number of carbonyl (C=O) groups excluding carboxylic acids is 2. The summed E-state index contributed by atoms with van der Waals surface area (Å²) in [5, 5.41) is 8.60. The van der Waals surface area contributed by atoms with Crippen molar-refractivity contribution in [1.29, 1.82) is 0 Å². The molecular formula is C11H7F2NO4. The van der Waals surface area contributed by atoms with Crippen LogP contribution in [-0.2, 0) is 9.59 Å².